The van der Waals surface area contributed by atoms with Gasteiger partial charge in [-0.3, -0.25) is 4.79 Å². The Labute approximate surface area is 109 Å². The third-order valence-electron chi connectivity index (χ3n) is 2.72. The lowest BCUT2D eigenvalue weighted by molar-refractivity contribution is 0.0996. The average Bonchev–Trinajstić information content (AvgIpc) is 3.08. The molecular weight excluding hydrogens is 244 g/mol. The van der Waals surface area contributed by atoms with Crippen molar-refractivity contribution in [3.8, 4) is 0 Å². The fourth-order valence-electron chi connectivity index (χ4n) is 1.79. The summed E-state index contributed by atoms with van der Waals surface area (Å²) < 4.78 is 6.70. The van der Waals surface area contributed by atoms with Crippen LogP contribution in [0.1, 0.15) is 23.3 Å². The van der Waals surface area contributed by atoms with Crippen molar-refractivity contribution in [1.82, 2.24) is 14.6 Å². The van der Waals surface area contributed by atoms with Gasteiger partial charge in [0, 0.05) is 12.6 Å². The molecule has 0 bridgehead atoms. The Morgan fingerprint density at radius 1 is 1.42 bits per heavy atom. The van der Waals surface area contributed by atoms with Gasteiger partial charge in [-0.05, 0) is 24.3 Å². The van der Waals surface area contributed by atoms with Gasteiger partial charge in [-0.15, -0.1) is 0 Å². The normalized spacial score (nSPS) is 10.8. The first-order valence-corrected chi connectivity index (χ1v) is 5.97. The van der Waals surface area contributed by atoms with Gasteiger partial charge in [0.15, 0.2) is 17.2 Å². The number of pyridine rings is 1. The molecule has 0 aliphatic rings. The van der Waals surface area contributed by atoms with Crippen LogP contribution in [0.25, 0.3) is 5.65 Å². The van der Waals surface area contributed by atoms with Gasteiger partial charge in [0.05, 0.1) is 12.0 Å². The molecule has 0 aliphatic heterocycles. The number of amides is 1. The summed E-state index contributed by atoms with van der Waals surface area (Å²) in [5.74, 6) is 0.691. The molecule has 3 aromatic rings. The molecule has 0 aromatic carbocycles. The molecule has 0 spiro atoms. The molecule has 0 saturated heterocycles. The van der Waals surface area contributed by atoms with Gasteiger partial charge in [0.25, 0.3) is 5.91 Å². The zero-order chi connectivity index (χ0) is 13.2. The summed E-state index contributed by atoms with van der Waals surface area (Å²) in [6.45, 7) is 1.98. The summed E-state index contributed by atoms with van der Waals surface area (Å²) in [4.78, 5) is 16.3. The van der Waals surface area contributed by atoms with Crippen LogP contribution in [0.2, 0.25) is 0 Å². The predicted molar refractivity (Wildman–Crippen MR) is 69.0 cm³/mol. The molecule has 0 unspecified atom stereocenters. The summed E-state index contributed by atoms with van der Waals surface area (Å²) in [6, 6.07) is 6.86. The molecule has 1 amide bonds. The van der Waals surface area contributed by atoms with Crippen molar-refractivity contribution in [3.05, 3.63) is 48.3 Å². The van der Waals surface area contributed by atoms with Crippen molar-refractivity contribution in [2.24, 2.45) is 0 Å². The van der Waals surface area contributed by atoms with E-state index in [1.54, 1.807) is 35.0 Å². The number of aryl methyl sites for hydroxylation is 1. The molecule has 96 valence electrons. The quantitative estimate of drug-likeness (QED) is 0.779. The number of carbonyl (C=O) groups is 1. The molecule has 3 heterocycles. The number of hydrogen-bond acceptors (Lipinski definition) is 4. The van der Waals surface area contributed by atoms with E-state index >= 15 is 0 Å². The molecule has 19 heavy (non-hydrogen) atoms. The molecule has 6 nitrogen and oxygen atoms in total. The number of anilines is 1. The molecule has 0 aliphatic carbocycles. The van der Waals surface area contributed by atoms with E-state index in [1.807, 2.05) is 6.92 Å². The highest BCUT2D eigenvalue weighted by Gasteiger charge is 2.12. The first-order chi connectivity index (χ1) is 9.28. The molecule has 0 atom stereocenters. The van der Waals surface area contributed by atoms with Crippen molar-refractivity contribution >= 4 is 17.2 Å². The second-order valence-corrected chi connectivity index (χ2v) is 4.00. The highest BCUT2D eigenvalue weighted by atomic mass is 16.3. The third kappa shape index (κ3) is 2.08. The average molecular weight is 256 g/mol. The Morgan fingerprint density at radius 2 is 2.32 bits per heavy atom. The zero-order valence-corrected chi connectivity index (χ0v) is 10.3. The summed E-state index contributed by atoms with van der Waals surface area (Å²) in [7, 11) is 0. The monoisotopic (exact) mass is 256 g/mol. The van der Waals surface area contributed by atoms with Crippen molar-refractivity contribution in [1.29, 1.82) is 0 Å². The molecule has 3 rings (SSSR count). The van der Waals surface area contributed by atoms with Crippen LogP contribution in [0.4, 0.5) is 5.69 Å². The van der Waals surface area contributed by atoms with E-state index in [1.165, 1.54) is 6.26 Å². The molecule has 0 saturated carbocycles. The lowest BCUT2D eigenvalue weighted by Crippen LogP contribution is -2.11. The first-order valence-electron chi connectivity index (χ1n) is 5.97. The number of carbonyl (C=O) groups excluding carboxylic acids is 1. The Balaban J connectivity index is 1.96. The highest BCUT2D eigenvalue weighted by molar-refractivity contribution is 6.04. The van der Waals surface area contributed by atoms with Crippen molar-refractivity contribution in [2.75, 3.05) is 5.32 Å². The van der Waals surface area contributed by atoms with Crippen LogP contribution >= 0.6 is 0 Å². The molecular formula is C13H12N4O2. The summed E-state index contributed by atoms with van der Waals surface area (Å²) >= 11 is 0. The minimum Gasteiger partial charge on any atom is -0.459 e. The smallest absolute Gasteiger partial charge is 0.291 e. The maximum Gasteiger partial charge on any atom is 0.291 e. The van der Waals surface area contributed by atoms with Crippen LogP contribution in [0.3, 0.4) is 0 Å². The van der Waals surface area contributed by atoms with E-state index in [9.17, 15) is 4.79 Å². The SMILES string of the molecule is CCc1nc2c(NC(=O)c3ccco3)cccn2n1. The van der Waals surface area contributed by atoms with Gasteiger partial charge >= 0.3 is 0 Å². The minimum absolute atomic E-state index is 0.261. The van der Waals surface area contributed by atoms with Crippen LogP contribution in [0.15, 0.2) is 41.1 Å². The number of nitrogens with one attached hydrogen (secondary N) is 1. The van der Waals surface area contributed by atoms with Crippen LogP contribution in [-0.2, 0) is 6.42 Å². The van der Waals surface area contributed by atoms with E-state index in [4.69, 9.17) is 4.42 Å². The summed E-state index contributed by atoms with van der Waals surface area (Å²) in [5.41, 5.74) is 1.23. The largest absolute Gasteiger partial charge is 0.459 e. The molecule has 0 radical (unpaired) electrons. The highest BCUT2D eigenvalue weighted by Crippen LogP contribution is 2.16. The Kier molecular flexibility index (Phi) is 2.75. The van der Waals surface area contributed by atoms with E-state index in [0.29, 0.717) is 11.3 Å². The topological polar surface area (TPSA) is 72.4 Å². The van der Waals surface area contributed by atoms with E-state index in [0.717, 1.165) is 12.2 Å². The minimum atomic E-state index is -0.306. The zero-order valence-electron chi connectivity index (χ0n) is 10.3. The number of nitrogens with zero attached hydrogens (tertiary/aromatic N) is 3. The number of fused-ring (bicyclic) bond motifs is 1. The number of hydrogen-bond donors (Lipinski definition) is 1. The van der Waals surface area contributed by atoms with Gasteiger partial charge < -0.3 is 9.73 Å². The Bertz CT molecular complexity index is 715. The van der Waals surface area contributed by atoms with Crippen LogP contribution in [-0.4, -0.2) is 20.5 Å². The van der Waals surface area contributed by atoms with Crippen LogP contribution in [0, 0.1) is 0 Å². The van der Waals surface area contributed by atoms with Crippen molar-refractivity contribution in [3.63, 3.8) is 0 Å². The second-order valence-electron chi connectivity index (χ2n) is 4.00. The van der Waals surface area contributed by atoms with Crippen LogP contribution < -0.4 is 5.32 Å². The summed E-state index contributed by atoms with van der Waals surface area (Å²) in [6.07, 6.45) is 4.00. The maximum absolute atomic E-state index is 11.9. The lowest BCUT2D eigenvalue weighted by Gasteiger charge is -2.03. The van der Waals surface area contributed by atoms with Crippen LogP contribution in [0.5, 0.6) is 0 Å². The molecule has 0 fully saturated rings. The number of furan rings is 1. The molecule has 3 aromatic heterocycles. The molecule has 1 N–H and O–H groups in total. The standard InChI is InChI=1S/C13H12N4O2/c1-2-11-15-12-9(5-3-7-17(12)16-11)14-13(18)10-6-4-8-19-10/h3-8H,2H2,1H3,(H,14,18). The fourth-order valence-corrected chi connectivity index (χ4v) is 1.79. The van der Waals surface area contributed by atoms with Gasteiger partial charge in [0.2, 0.25) is 0 Å². The predicted octanol–water partition coefficient (Wildman–Crippen LogP) is 2.14. The van der Waals surface area contributed by atoms with E-state index in [2.05, 4.69) is 15.4 Å². The van der Waals surface area contributed by atoms with Crippen molar-refractivity contribution in [2.45, 2.75) is 13.3 Å². The Morgan fingerprint density at radius 3 is 3.05 bits per heavy atom. The number of rotatable bonds is 3. The Hall–Kier alpha value is -2.63. The summed E-state index contributed by atoms with van der Waals surface area (Å²) in [5, 5.41) is 7.06. The van der Waals surface area contributed by atoms with Gasteiger partial charge in [0.1, 0.15) is 0 Å². The van der Waals surface area contributed by atoms with E-state index < -0.39 is 0 Å². The van der Waals surface area contributed by atoms with Gasteiger partial charge in [-0.2, -0.15) is 5.10 Å². The van der Waals surface area contributed by atoms with E-state index in [-0.39, 0.29) is 11.7 Å². The first kappa shape index (κ1) is 11.5. The third-order valence-corrected chi connectivity index (χ3v) is 2.72. The fraction of sp³-hybridized carbons (Fsp3) is 0.154. The molecule has 6 heteroatoms. The van der Waals surface area contributed by atoms with Crippen molar-refractivity contribution < 1.29 is 9.21 Å². The maximum atomic E-state index is 11.9. The second kappa shape index (κ2) is 4.56. The van der Waals surface area contributed by atoms with Gasteiger partial charge in [-0.25, -0.2) is 9.50 Å². The number of aromatic nitrogens is 3. The van der Waals surface area contributed by atoms with Gasteiger partial charge in [-0.1, -0.05) is 6.92 Å². The lowest BCUT2D eigenvalue weighted by atomic mass is 10.3.